The molecular formula is C8H10F3NO2S2. The molecule has 0 amide bonds. The summed E-state index contributed by atoms with van der Waals surface area (Å²) < 4.78 is 59.2. The second kappa shape index (κ2) is 4.72. The van der Waals surface area contributed by atoms with Crippen LogP contribution in [0.25, 0.3) is 0 Å². The standard InChI is InChI=1S/C8H10F3NO2S2/c1-16(13,14)12(6-8(9,10)11)4-7-2-3-15-5-7/h2-3,5H,4,6H2,1H3. The first-order chi connectivity index (χ1) is 7.18. The fourth-order valence-corrected chi connectivity index (χ4v) is 2.50. The zero-order valence-electron chi connectivity index (χ0n) is 8.36. The lowest BCUT2D eigenvalue weighted by atomic mass is 10.3. The van der Waals surface area contributed by atoms with Crippen LogP contribution in [0.15, 0.2) is 16.8 Å². The third-order valence-electron chi connectivity index (χ3n) is 1.76. The normalized spacial score (nSPS) is 13.3. The highest BCUT2D eigenvalue weighted by atomic mass is 32.2. The molecule has 92 valence electrons. The summed E-state index contributed by atoms with van der Waals surface area (Å²) >= 11 is 1.31. The Morgan fingerprint density at radius 2 is 2.06 bits per heavy atom. The molecular weight excluding hydrogens is 263 g/mol. The molecule has 0 radical (unpaired) electrons. The molecule has 0 aliphatic heterocycles. The summed E-state index contributed by atoms with van der Waals surface area (Å²) in [6, 6.07) is 1.60. The number of halogens is 3. The van der Waals surface area contributed by atoms with Crippen molar-refractivity contribution in [2.45, 2.75) is 12.7 Å². The highest BCUT2D eigenvalue weighted by Gasteiger charge is 2.34. The molecule has 1 aromatic heterocycles. The quantitative estimate of drug-likeness (QED) is 0.842. The van der Waals surface area contributed by atoms with Crippen LogP contribution in [0.3, 0.4) is 0 Å². The average molecular weight is 273 g/mol. The van der Waals surface area contributed by atoms with Gasteiger partial charge in [0.1, 0.15) is 6.54 Å². The molecule has 0 saturated heterocycles. The Morgan fingerprint density at radius 1 is 1.44 bits per heavy atom. The molecule has 8 heteroatoms. The molecule has 0 atom stereocenters. The molecule has 16 heavy (non-hydrogen) atoms. The van der Waals surface area contributed by atoms with Gasteiger partial charge in [-0.05, 0) is 22.4 Å². The van der Waals surface area contributed by atoms with Crippen molar-refractivity contribution in [3.63, 3.8) is 0 Å². The third-order valence-corrected chi connectivity index (χ3v) is 3.69. The predicted octanol–water partition coefficient (Wildman–Crippen LogP) is 2.07. The topological polar surface area (TPSA) is 37.4 Å². The van der Waals surface area contributed by atoms with Gasteiger partial charge in [-0.15, -0.1) is 0 Å². The zero-order chi connectivity index (χ0) is 12.4. The maximum Gasteiger partial charge on any atom is 0.402 e. The minimum Gasteiger partial charge on any atom is -0.212 e. The van der Waals surface area contributed by atoms with E-state index in [0.717, 1.165) is 6.26 Å². The van der Waals surface area contributed by atoms with Gasteiger partial charge in [0.2, 0.25) is 10.0 Å². The first-order valence-electron chi connectivity index (χ1n) is 4.21. The van der Waals surface area contributed by atoms with Crippen LogP contribution in [0, 0.1) is 0 Å². The lowest BCUT2D eigenvalue weighted by molar-refractivity contribution is -0.136. The van der Waals surface area contributed by atoms with E-state index in [1.54, 1.807) is 16.8 Å². The number of hydrogen-bond donors (Lipinski definition) is 0. The van der Waals surface area contributed by atoms with Gasteiger partial charge in [-0.2, -0.15) is 28.8 Å². The van der Waals surface area contributed by atoms with Crippen LogP contribution >= 0.6 is 11.3 Å². The van der Waals surface area contributed by atoms with Crippen molar-refractivity contribution in [1.29, 1.82) is 0 Å². The van der Waals surface area contributed by atoms with Crippen molar-refractivity contribution in [3.8, 4) is 0 Å². The van der Waals surface area contributed by atoms with E-state index in [1.807, 2.05) is 0 Å². The van der Waals surface area contributed by atoms with Crippen molar-refractivity contribution in [3.05, 3.63) is 22.4 Å². The molecule has 0 aliphatic carbocycles. The van der Waals surface area contributed by atoms with Crippen LogP contribution in [0.2, 0.25) is 0 Å². The van der Waals surface area contributed by atoms with Gasteiger partial charge in [0, 0.05) is 6.54 Å². The van der Waals surface area contributed by atoms with E-state index in [0.29, 0.717) is 9.87 Å². The lowest BCUT2D eigenvalue weighted by Gasteiger charge is -2.20. The summed E-state index contributed by atoms with van der Waals surface area (Å²) in [4.78, 5) is 0. The predicted molar refractivity (Wildman–Crippen MR) is 55.6 cm³/mol. The van der Waals surface area contributed by atoms with Gasteiger partial charge in [0.25, 0.3) is 0 Å². The highest BCUT2D eigenvalue weighted by Crippen LogP contribution is 2.20. The maximum atomic E-state index is 12.2. The van der Waals surface area contributed by atoms with Crippen LogP contribution < -0.4 is 0 Å². The first kappa shape index (κ1) is 13.5. The molecule has 0 saturated carbocycles. The minimum absolute atomic E-state index is 0.248. The molecule has 1 heterocycles. The number of nitrogens with zero attached hydrogens (tertiary/aromatic N) is 1. The van der Waals surface area contributed by atoms with Crippen LogP contribution in [0.5, 0.6) is 0 Å². The van der Waals surface area contributed by atoms with Crippen LogP contribution in [-0.2, 0) is 16.6 Å². The van der Waals surface area contributed by atoms with Crippen LogP contribution in [-0.4, -0.2) is 31.7 Å². The Kier molecular flexibility index (Phi) is 3.97. The summed E-state index contributed by atoms with van der Waals surface area (Å²) in [5.74, 6) is 0. The minimum atomic E-state index is -4.53. The fraction of sp³-hybridized carbons (Fsp3) is 0.500. The molecule has 0 N–H and O–H groups in total. The van der Waals surface area contributed by atoms with Crippen LogP contribution in [0.1, 0.15) is 5.56 Å². The average Bonchev–Trinajstić information content (AvgIpc) is 2.51. The van der Waals surface area contributed by atoms with Crippen molar-refractivity contribution in [2.75, 3.05) is 12.8 Å². The number of sulfonamides is 1. The molecule has 0 unspecified atom stereocenters. The lowest BCUT2D eigenvalue weighted by Crippen LogP contribution is -2.37. The van der Waals surface area contributed by atoms with Crippen molar-refractivity contribution in [2.24, 2.45) is 0 Å². The SMILES string of the molecule is CS(=O)(=O)N(Cc1ccsc1)CC(F)(F)F. The van der Waals surface area contributed by atoms with Crippen molar-refractivity contribution < 1.29 is 21.6 Å². The van der Waals surface area contributed by atoms with Gasteiger partial charge >= 0.3 is 6.18 Å². The summed E-state index contributed by atoms with van der Waals surface area (Å²) in [6.45, 7) is -1.70. The summed E-state index contributed by atoms with van der Waals surface area (Å²) in [7, 11) is -3.86. The van der Waals surface area contributed by atoms with Gasteiger partial charge in [-0.1, -0.05) is 0 Å². The van der Waals surface area contributed by atoms with E-state index in [2.05, 4.69) is 0 Å². The highest BCUT2D eigenvalue weighted by molar-refractivity contribution is 7.88. The summed E-state index contributed by atoms with van der Waals surface area (Å²) in [6.07, 6.45) is -3.76. The number of rotatable bonds is 4. The van der Waals surface area contributed by atoms with Crippen LogP contribution in [0.4, 0.5) is 13.2 Å². The Hall–Kier alpha value is -0.600. The first-order valence-corrected chi connectivity index (χ1v) is 7.00. The van der Waals surface area contributed by atoms with Gasteiger partial charge in [-0.3, -0.25) is 0 Å². The third kappa shape index (κ3) is 4.50. The maximum absolute atomic E-state index is 12.2. The number of alkyl halides is 3. The Labute approximate surface area is 95.5 Å². The number of hydrogen-bond acceptors (Lipinski definition) is 3. The van der Waals surface area contributed by atoms with E-state index in [1.165, 1.54) is 11.3 Å². The second-order valence-corrected chi connectivity index (χ2v) is 6.04. The summed E-state index contributed by atoms with van der Waals surface area (Å²) in [5.41, 5.74) is 0.555. The molecule has 1 rings (SSSR count). The molecule has 0 aromatic carbocycles. The largest absolute Gasteiger partial charge is 0.402 e. The van der Waals surface area contributed by atoms with E-state index in [9.17, 15) is 21.6 Å². The molecule has 0 aliphatic rings. The number of thiophene rings is 1. The van der Waals surface area contributed by atoms with E-state index >= 15 is 0 Å². The monoisotopic (exact) mass is 273 g/mol. The second-order valence-electron chi connectivity index (χ2n) is 3.28. The van der Waals surface area contributed by atoms with E-state index in [4.69, 9.17) is 0 Å². The van der Waals surface area contributed by atoms with Gasteiger partial charge < -0.3 is 0 Å². The molecule has 1 aromatic rings. The van der Waals surface area contributed by atoms with E-state index < -0.39 is 22.7 Å². The molecule has 0 spiro atoms. The van der Waals surface area contributed by atoms with Gasteiger partial charge in [0.05, 0.1) is 6.26 Å². The van der Waals surface area contributed by atoms with Gasteiger partial charge in [0.15, 0.2) is 0 Å². The Bertz CT molecular complexity index is 425. The van der Waals surface area contributed by atoms with E-state index in [-0.39, 0.29) is 6.54 Å². The Balaban J connectivity index is 2.81. The summed E-state index contributed by atoms with van der Waals surface area (Å²) in [5, 5.41) is 3.30. The van der Waals surface area contributed by atoms with Gasteiger partial charge in [-0.25, -0.2) is 8.42 Å². The Morgan fingerprint density at radius 3 is 2.44 bits per heavy atom. The molecule has 3 nitrogen and oxygen atoms in total. The van der Waals surface area contributed by atoms with Crippen molar-refractivity contribution >= 4 is 21.4 Å². The zero-order valence-corrected chi connectivity index (χ0v) is 9.99. The molecule has 0 bridgehead atoms. The van der Waals surface area contributed by atoms with Crippen molar-refractivity contribution in [1.82, 2.24) is 4.31 Å². The smallest absolute Gasteiger partial charge is 0.212 e. The fourth-order valence-electron chi connectivity index (χ4n) is 1.08. The molecule has 0 fully saturated rings.